The summed E-state index contributed by atoms with van der Waals surface area (Å²) in [6, 6.07) is 4.47. The van der Waals surface area contributed by atoms with Crippen molar-refractivity contribution in [3.8, 4) is 0 Å². The van der Waals surface area contributed by atoms with Crippen LogP contribution in [0.5, 0.6) is 0 Å². The lowest BCUT2D eigenvalue weighted by Crippen LogP contribution is -2.41. The first kappa shape index (κ1) is 13.9. The number of hydrogen-bond acceptors (Lipinski definition) is 3. The minimum Gasteiger partial charge on any atom is -0.480 e. The predicted octanol–water partition coefficient (Wildman–Crippen LogP) is 2.81. The molecule has 4 nitrogen and oxygen atoms in total. The van der Waals surface area contributed by atoms with E-state index in [-0.39, 0.29) is 5.91 Å². The molecule has 1 aliphatic rings. The van der Waals surface area contributed by atoms with E-state index in [1.165, 1.54) is 16.7 Å². The van der Waals surface area contributed by atoms with Gasteiger partial charge in [0.25, 0.3) is 5.91 Å². The number of halogens is 2. The van der Waals surface area contributed by atoms with Crippen molar-refractivity contribution in [1.82, 2.24) is 4.90 Å². The molecule has 0 aliphatic carbocycles. The van der Waals surface area contributed by atoms with Gasteiger partial charge < -0.3 is 10.0 Å². The molecule has 1 aliphatic heterocycles. The van der Waals surface area contributed by atoms with Gasteiger partial charge in [-0.1, -0.05) is 31.9 Å². The van der Waals surface area contributed by atoms with Gasteiger partial charge in [-0.05, 0) is 18.2 Å². The number of amides is 1. The van der Waals surface area contributed by atoms with Gasteiger partial charge in [0.15, 0.2) is 0 Å². The van der Waals surface area contributed by atoms with E-state index >= 15 is 0 Å². The Balaban J connectivity index is 2.28. The third kappa shape index (κ3) is 2.89. The predicted molar refractivity (Wildman–Crippen MR) is 76.8 cm³/mol. The maximum atomic E-state index is 12.3. The van der Waals surface area contributed by atoms with Gasteiger partial charge in [0.2, 0.25) is 0 Å². The summed E-state index contributed by atoms with van der Waals surface area (Å²) in [6.07, 6.45) is 0. The Morgan fingerprint density at radius 3 is 2.44 bits per heavy atom. The lowest BCUT2D eigenvalue weighted by Gasteiger charge is -2.20. The van der Waals surface area contributed by atoms with E-state index in [1.807, 2.05) is 6.07 Å². The maximum Gasteiger partial charge on any atom is 0.327 e. The number of benzene rings is 1. The molecule has 0 bridgehead atoms. The normalized spacial score (nSPS) is 19.0. The van der Waals surface area contributed by atoms with Crippen LogP contribution in [-0.2, 0) is 4.79 Å². The summed E-state index contributed by atoms with van der Waals surface area (Å²) in [6.45, 7) is 0. The molecule has 18 heavy (non-hydrogen) atoms. The van der Waals surface area contributed by atoms with Crippen molar-refractivity contribution in [2.75, 3.05) is 11.6 Å². The van der Waals surface area contributed by atoms with Crippen molar-refractivity contribution < 1.29 is 14.7 Å². The second-order valence-corrected chi connectivity index (χ2v) is 6.62. The molecule has 0 aromatic heterocycles. The van der Waals surface area contributed by atoms with Crippen LogP contribution < -0.4 is 0 Å². The SMILES string of the molecule is O=C(O)[C@@H]1CSCN1C(=O)c1cc(Br)cc(Br)c1. The minimum atomic E-state index is -0.956. The summed E-state index contributed by atoms with van der Waals surface area (Å²) in [5, 5.41) is 9.06. The Labute approximate surface area is 125 Å². The van der Waals surface area contributed by atoms with Crippen LogP contribution in [0.4, 0.5) is 0 Å². The number of rotatable bonds is 2. The Bertz CT molecular complexity index is 489. The van der Waals surface area contributed by atoms with Gasteiger partial charge in [-0.2, -0.15) is 0 Å². The summed E-state index contributed by atoms with van der Waals surface area (Å²) >= 11 is 8.07. The minimum absolute atomic E-state index is 0.255. The molecule has 1 atom stereocenters. The van der Waals surface area contributed by atoms with E-state index < -0.39 is 12.0 Å². The molecule has 1 saturated heterocycles. The zero-order chi connectivity index (χ0) is 13.3. The molecule has 2 rings (SSSR count). The molecule has 0 spiro atoms. The molecule has 1 heterocycles. The molecule has 1 aromatic carbocycles. The quantitative estimate of drug-likeness (QED) is 0.837. The number of carboxylic acids is 1. The highest BCUT2D eigenvalue weighted by Gasteiger charge is 2.35. The van der Waals surface area contributed by atoms with Crippen LogP contribution in [0.1, 0.15) is 10.4 Å². The number of hydrogen-bond donors (Lipinski definition) is 1. The van der Waals surface area contributed by atoms with Crippen molar-refractivity contribution in [3.05, 3.63) is 32.7 Å². The van der Waals surface area contributed by atoms with Gasteiger partial charge in [-0.15, -0.1) is 11.8 Å². The lowest BCUT2D eigenvalue weighted by molar-refractivity contribution is -0.140. The number of carbonyl (C=O) groups is 2. The first-order valence-electron chi connectivity index (χ1n) is 5.06. The molecular formula is C11H9Br2NO3S. The Morgan fingerprint density at radius 2 is 1.89 bits per heavy atom. The zero-order valence-electron chi connectivity index (χ0n) is 9.10. The van der Waals surface area contributed by atoms with Gasteiger partial charge in [-0.3, -0.25) is 4.79 Å². The topological polar surface area (TPSA) is 57.6 Å². The molecule has 1 fully saturated rings. The van der Waals surface area contributed by atoms with Crippen LogP contribution >= 0.6 is 43.6 Å². The van der Waals surface area contributed by atoms with Gasteiger partial charge >= 0.3 is 5.97 Å². The summed E-state index contributed by atoms with van der Waals surface area (Å²) in [5.41, 5.74) is 0.477. The van der Waals surface area contributed by atoms with Gasteiger partial charge in [0.1, 0.15) is 6.04 Å². The van der Waals surface area contributed by atoms with Crippen molar-refractivity contribution in [1.29, 1.82) is 0 Å². The van der Waals surface area contributed by atoms with Gasteiger partial charge in [0.05, 0.1) is 5.88 Å². The van der Waals surface area contributed by atoms with Gasteiger partial charge in [-0.25, -0.2) is 4.79 Å². The fourth-order valence-corrected chi connectivity index (χ4v) is 4.13. The fourth-order valence-electron chi connectivity index (χ4n) is 1.69. The number of carboxylic acid groups (broad SMARTS) is 1. The molecule has 0 unspecified atom stereocenters. The highest BCUT2D eigenvalue weighted by atomic mass is 79.9. The molecule has 1 N–H and O–H groups in total. The van der Waals surface area contributed by atoms with E-state index in [4.69, 9.17) is 5.11 Å². The second-order valence-electron chi connectivity index (χ2n) is 3.79. The van der Waals surface area contributed by atoms with E-state index in [0.717, 1.165) is 8.95 Å². The smallest absolute Gasteiger partial charge is 0.327 e. The van der Waals surface area contributed by atoms with E-state index in [9.17, 15) is 9.59 Å². The summed E-state index contributed by atoms with van der Waals surface area (Å²) < 4.78 is 1.55. The monoisotopic (exact) mass is 393 g/mol. The molecule has 1 amide bonds. The van der Waals surface area contributed by atoms with Crippen molar-refractivity contribution in [2.45, 2.75) is 6.04 Å². The van der Waals surface area contributed by atoms with Crippen molar-refractivity contribution >= 4 is 55.5 Å². The zero-order valence-corrected chi connectivity index (χ0v) is 13.1. The Hall–Kier alpha value is -0.530. The molecule has 0 radical (unpaired) electrons. The average molecular weight is 395 g/mol. The van der Waals surface area contributed by atoms with Crippen molar-refractivity contribution in [3.63, 3.8) is 0 Å². The molecule has 7 heteroatoms. The maximum absolute atomic E-state index is 12.3. The molecule has 0 saturated carbocycles. The summed E-state index contributed by atoms with van der Waals surface area (Å²) in [5.74, 6) is -0.354. The van der Waals surface area contributed by atoms with E-state index in [1.54, 1.807) is 12.1 Å². The van der Waals surface area contributed by atoms with Crippen LogP contribution in [0.2, 0.25) is 0 Å². The van der Waals surface area contributed by atoms with E-state index in [0.29, 0.717) is 17.2 Å². The van der Waals surface area contributed by atoms with Crippen LogP contribution in [0.15, 0.2) is 27.1 Å². The highest BCUT2D eigenvalue weighted by molar-refractivity contribution is 9.11. The molecular weight excluding hydrogens is 386 g/mol. The second kappa shape index (κ2) is 5.63. The van der Waals surface area contributed by atoms with Crippen LogP contribution in [0.25, 0.3) is 0 Å². The third-order valence-corrected chi connectivity index (χ3v) is 4.47. The molecule has 96 valence electrons. The van der Waals surface area contributed by atoms with Crippen molar-refractivity contribution in [2.24, 2.45) is 0 Å². The average Bonchev–Trinajstić information content (AvgIpc) is 2.75. The first-order valence-corrected chi connectivity index (χ1v) is 7.80. The molecule has 1 aromatic rings. The van der Waals surface area contributed by atoms with E-state index in [2.05, 4.69) is 31.9 Å². The Kier molecular flexibility index (Phi) is 4.34. The largest absolute Gasteiger partial charge is 0.480 e. The van der Waals surface area contributed by atoms with Crippen LogP contribution in [0.3, 0.4) is 0 Å². The standard InChI is InChI=1S/C11H9Br2NO3S/c12-7-1-6(2-8(13)3-7)10(15)14-5-18-4-9(14)11(16)17/h1-3,9H,4-5H2,(H,16,17)/t9-/m0/s1. The summed E-state index contributed by atoms with van der Waals surface area (Å²) in [4.78, 5) is 24.7. The number of thioether (sulfide) groups is 1. The third-order valence-electron chi connectivity index (χ3n) is 2.54. The Morgan fingerprint density at radius 1 is 1.28 bits per heavy atom. The highest BCUT2D eigenvalue weighted by Crippen LogP contribution is 2.26. The van der Waals surface area contributed by atoms with Crippen LogP contribution in [0, 0.1) is 0 Å². The van der Waals surface area contributed by atoms with Gasteiger partial charge in [0, 0.05) is 20.3 Å². The lowest BCUT2D eigenvalue weighted by atomic mass is 10.2. The number of aliphatic carboxylic acids is 1. The first-order chi connectivity index (χ1) is 8.49. The van der Waals surface area contributed by atoms with Crippen LogP contribution in [-0.4, -0.2) is 39.6 Å². The fraction of sp³-hybridized carbons (Fsp3) is 0.273. The number of nitrogens with zero attached hydrogens (tertiary/aromatic N) is 1. The summed E-state index contributed by atoms with van der Waals surface area (Å²) in [7, 11) is 0. The number of carbonyl (C=O) groups excluding carboxylic acids is 1.